The summed E-state index contributed by atoms with van der Waals surface area (Å²) in [5, 5.41) is 12.1. The minimum Gasteiger partial charge on any atom is -0.370 e. The summed E-state index contributed by atoms with van der Waals surface area (Å²) >= 11 is 0. The van der Waals surface area contributed by atoms with Crippen LogP contribution in [-0.2, 0) is 14.1 Å². The molecule has 0 bridgehead atoms. The van der Waals surface area contributed by atoms with Crippen LogP contribution in [0.5, 0.6) is 0 Å². The molecule has 1 aromatic rings. The second-order valence-corrected chi connectivity index (χ2v) is 6.26. The Morgan fingerprint density at radius 3 is 2.32 bits per heavy atom. The van der Waals surface area contributed by atoms with Crippen molar-refractivity contribution in [1.82, 2.24) is 14.0 Å². The maximum Gasteiger partial charge on any atom is 0.401 e. The molecule has 0 unspecified atom stereocenters. The van der Waals surface area contributed by atoms with Crippen LogP contribution in [0.3, 0.4) is 0 Å². The Kier molecular flexibility index (Phi) is 5.57. The van der Waals surface area contributed by atoms with Crippen LogP contribution in [-0.4, -0.2) is 46.4 Å². The summed E-state index contributed by atoms with van der Waals surface area (Å²) < 4.78 is 39.2. The molecule has 25 heavy (non-hydrogen) atoms. The molecule has 2 heterocycles. The predicted molar refractivity (Wildman–Crippen MR) is 85.3 cm³/mol. The number of rotatable bonds is 4. The number of alkyl halides is 3. The fourth-order valence-electron chi connectivity index (χ4n) is 3.00. The Hall–Kier alpha value is -2.28. The van der Waals surface area contributed by atoms with Crippen molar-refractivity contribution in [1.29, 1.82) is 5.26 Å². The van der Waals surface area contributed by atoms with E-state index >= 15 is 0 Å². The SMILES string of the molecule is Cn1c(NCC2CCN(CC(F)(F)F)CC2)c(C#N)c(=O)n(C)c1=O. The van der Waals surface area contributed by atoms with Gasteiger partial charge in [0.15, 0.2) is 5.56 Å². The number of hydrogen-bond acceptors (Lipinski definition) is 5. The molecule has 10 heteroatoms. The third kappa shape index (κ3) is 4.42. The molecule has 0 atom stereocenters. The largest absolute Gasteiger partial charge is 0.401 e. The molecule has 0 aromatic carbocycles. The molecule has 2 rings (SSSR count). The molecule has 1 N–H and O–H groups in total. The fourth-order valence-corrected chi connectivity index (χ4v) is 3.00. The van der Waals surface area contributed by atoms with Gasteiger partial charge >= 0.3 is 11.9 Å². The molecule has 1 aliphatic heterocycles. The van der Waals surface area contributed by atoms with Crippen LogP contribution < -0.4 is 16.6 Å². The lowest BCUT2D eigenvalue weighted by atomic mass is 9.96. The number of anilines is 1. The summed E-state index contributed by atoms with van der Waals surface area (Å²) in [5.74, 6) is 0.253. The number of aromatic nitrogens is 2. The first-order valence-corrected chi connectivity index (χ1v) is 7.87. The normalized spacial score (nSPS) is 16.6. The molecule has 0 spiro atoms. The molecule has 1 aromatic heterocycles. The zero-order chi connectivity index (χ0) is 18.8. The zero-order valence-electron chi connectivity index (χ0n) is 14.1. The Balaban J connectivity index is 2.03. The molecule has 0 saturated carbocycles. The minimum absolute atomic E-state index is 0.107. The van der Waals surface area contributed by atoms with E-state index in [1.54, 1.807) is 6.07 Å². The van der Waals surface area contributed by atoms with Crippen molar-refractivity contribution in [2.45, 2.75) is 19.0 Å². The van der Waals surface area contributed by atoms with Gasteiger partial charge in [0.2, 0.25) is 0 Å². The number of piperidine rings is 1. The molecular formula is C15H20F3N5O2. The highest BCUT2D eigenvalue weighted by atomic mass is 19.4. The summed E-state index contributed by atoms with van der Waals surface area (Å²) in [6.07, 6.45) is -3.05. The monoisotopic (exact) mass is 359 g/mol. The van der Waals surface area contributed by atoms with E-state index in [4.69, 9.17) is 0 Å². The fraction of sp³-hybridized carbons (Fsp3) is 0.667. The van der Waals surface area contributed by atoms with Crippen molar-refractivity contribution in [2.75, 3.05) is 31.5 Å². The highest BCUT2D eigenvalue weighted by Crippen LogP contribution is 2.23. The van der Waals surface area contributed by atoms with Gasteiger partial charge in [-0.2, -0.15) is 18.4 Å². The van der Waals surface area contributed by atoms with E-state index in [9.17, 15) is 28.0 Å². The molecule has 7 nitrogen and oxygen atoms in total. The third-order valence-electron chi connectivity index (χ3n) is 4.44. The average molecular weight is 359 g/mol. The summed E-state index contributed by atoms with van der Waals surface area (Å²) in [6, 6.07) is 1.80. The number of nitriles is 1. The number of hydrogen-bond donors (Lipinski definition) is 1. The first kappa shape index (κ1) is 19.1. The van der Waals surface area contributed by atoms with Gasteiger partial charge in [0, 0.05) is 20.6 Å². The molecule has 0 amide bonds. The van der Waals surface area contributed by atoms with E-state index in [0.717, 1.165) is 4.57 Å². The van der Waals surface area contributed by atoms with Gasteiger partial charge in [-0.1, -0.05) is 0 Å². The van der Waals surface area contributed by atoms with Crippen LogP contribution in [0.4, 0.5) is 19.0 Å². The molecule has 0 aliphatic carbocycles. The van der Waals surface area contributed by atoms with Crippen LogP contribution in [0.15, 0.2) is 9.59 Å². The van der Waals surface area contributed by atoms with Crippen LogP contribution in [0.25, 0.3) is 0 Å². The summed E-state index contributed by atoms with van der Waals surface area (Å²) in [6.45, 7) is 0.156. The maximum absolute atomic E-state index is 12.4. The Morgan fingerprint density at radius 2 is 1.80 bits per heavy atom. The van der Waals surface area contributed by atoms with Crippen LogP contribution >= 0.6 is 0 Å². The summed E-state index contributed by atoms with van der Waals surface area (Å²) in [5.41, 5.74) is -1.38. The van der Waals surface area contributed by atoms with Crippen LogP contribution in [0.2, 0.25) is 0 Å². The molecule has 1 saturated heterocycles. The molecule has 0 radical (unpaired) electrons. The van der Waals surface area contributed by atoms with Crippen LogP contribution in [0, 0.1) is 17.2 Å². The smallest absolute Gasteiger partial charge is 0.370 e. The average Bonchev–Trinajstić information content (AvgIpc) is 2.55. The lowest BCUT2D eigenvalue weighted by Crippen LogP contribution is -2.42. The van der Waals surface area contributed by atoms with Crippen molar-refractivity contribution >= 4 is 5.82 Å². The second kappa shape index (κ2) is 7.31. The summed E-state index contributed by atoms with van der Waals surface area (Å²) in [4.78, 5) is 25.3. The van der Waals surface area contributed by atoms with Gasteiger partial charge in [-0.05, 0) is 31.8 Å². The molecule has 138 valence electrons. The van der Waals surface area contributed by atoms with Gasteiger partial charge in [-0.15, -0.1) is 0 Å². The van der Waals surface area contributed by atoms with Crippen molar-refractivity contribution in [3.63, 3.8) is 0 Å². The van der Waals surface area contributed by atoms with Gasteiger partial charge < -0.3 is 5.32 Å². The third-order valence-corrected chi connectivity index (χ3v) is 4.44. The van der Waals surface area contributed by atoms with E-state index in [0.29, 0.717) is 32.5 Å². The van der Waals surface area contributed by atoms with E-state index < -0.39 is 24.0 Å². The predicted octanol–water partition coefficient (Wildman–Crippen LogP) is 0.642. The second-order valence-electron chi connectivity index (χ2n) is 6.26. The highest BCUT2D eigenvalue weighted by Gasteiger charge is 2.32. The zero-order valence-corrected chi connectivity index (χ0v) is 14.1. The molecule has 1 fully saturated rings. The van der Waals surface area contributed by atoms with E-state index in [1.807, 2.05) is 0 Å². The van der Waals surface area contributed by atoms with Gasteiger partial charge in [-0.3, -0.25) is 18.8 Å². The quantitative estimate of drug-likeness (QED) is 0.853. The van der Waals surface area contributed by atoms with E-state index in [-0.39, 0.29) is 17.3 Å². The number of likely N-dealkylation sites (tertiary alicyclic amines) is 1. The van der Waals surface area contributed by atoms with Gasteiger partial charge in [-0.25, -0.2) is 4.79 Å². The standard InChI is InChI=1S/C15H20F3N5O2/c1-21-12(11(7-19)13(24)22(2)14(21)25)20-8-10-3-5-23(6-4-10)9-15(16,17)18/h10,20H,3-6,8-9H2,1-2H3. The van der Waals surface area contributed by atoms with Gasteiger partial charge in [0.25, 0.3) is 5.56 Å². The topological polar surface area (TPSA) is 83.1 Å². The minimum atomic E-state index is -4.20. The van der Waals surface area contributed by atoms with E-state index in [2.05, 4.69) is 5.32 Å². The number of nitrogens with zero attached hydrogens (tertiary/aromatic N) is 4. The van der Waals surface area contributed by atoms with Crippen molar-refractivity contribution < 1.29 is 13.2 Å². The first-order valence-electron chi connectivity index (χ1n) is 7.87. The lowest BCUT2D eigenvalue weighted by molar-refractivity contribution is -0.148. The summed E-state index contributed by atoms with van der Waals surface area (Å²) in [7, 11) is 2.75. The van der Waals surface area contributed by atoms with Gasteiger partial charge in [0.05, 0.1) is 6.54 Å². The van der Waals surface area contributed by atoms with Gasteiger partial charge in [0.1, 0.15) is 11.9 Å². The maximum atomic E-state index is 12.4. The van der Waals surface area contributed by atoms with Crippen molar-refractivity contribution in [3.8, 4) is 6.07 Å². The lowest BCUT2D eigenvalue weighted by Gasteiger charge is -2.32. The molecule has 1 aliphatic rings. The van der Waals surface area contributed by atoms with Crippen LogP contribution in [0.1, 0.15) is 18.4 Å². The molecular weight excluding hydrogens is 339 g/mol. The van der Waals surface area contributed by atoms with E-state index in [1.165, 1.54) is 23.6 Å². The first-order chi connectivity index (χ1) is 11.6. The Bertz CT molecular complexity index is 783. The highest BCUT2D eigenvalue weighted by molar-refractivity contribution is 5.51. The Labute approximate surface area is 142 Å². The number of nitrogens with one attached hydrogen (secondary N) is 1. The Morgan fingerprint density at radius 1 is 1.20 bits per heavy atom. The number of halogens is 3. The van der Waals surface area contributed by atoms with Crippen molar-refractivity contribution in [2.24, 2.45) is 20.0 Å². The van der Waals surface area contributed by atoms with Crippen molar-refractivity contribution in [3.05, 3.63) is 26.4 Å².